The Labute approximate surface area is 166 Å². The second kappa shape index (κ2) is 8.73. The van der Waals surface area contributed by atoms with Gasteiger partial charge in [0.2, 0.25) is 17.7 Å². The molecule has 1 fully saturated rings. The first-order chi connectivity index (χ1) is 13.5. The van der Waals surface area contributed by atoms with Gasteiger partial charge in [0.05, 0.1) is 6.10 Å². The molecule has 0 spiro atoms. The quantitative estimate of drug-likeness (QED) is 0.821. The second-order valence-electron chi connectivity index (χ2n) is 7.48. The number of carbonyl (C=O) groups is 3. The van der Waals surface area contributed by atoms with Gasteiger partial charge in [-0.1, -0.05) is 31.2 Å². The predicted molar refractivity (Wildman–Crippen MR) is 104 cm³/mol. The molecule has 28 heavy (non-hydrogen) atoms. The Morgan fingerprint density at radius 2 is 1.86 bits per heavy atom. The summed E-state index contributed by atoms with van der Waals surface area (Å²) in [5, 5.41) is 2.67. The zero-order valence-corrected chi connectivity index (χ0v) is 16.8. The number of fused-ring (bicyclic) bond motifs is 1. The molecule has 152 valence electrons. The highest BCUT2D eigenvalue weighted by molar-refractivity contribution is 5.92. The van der Waals surface area contributed by atoms with E-state index in [0.717, 1.165) is 17.5 Å². The van der Waals surface area contributed by atoms with Crippen LogP contribution in [0.1, 0.15) is 37.8 Å². The van der Waals surface area contributed by atoms with Gasteiger partial charge in [0.25, 0.3) is 0 Å². The monoisotopic (exact) mass is 387 g/mol. The molecule has 2 aliphatic heterocycles. The lowest BCUT2D eigenvalue weighted by Gasteiger charge is -2.38. The van der Waals surface area contributed by atoms with Gasteiger partial charge in [-0.3, -0.25) is 14.4 Å². The van der Waals surface area contributed by atoms with Crippen molar-refractivity contribution in [3.05, 3.63) is 35.4 Å². The number of likely N-dealkylation sites (tertiary alicyclic amines) is 1. The third kappa shape index (κ3) is 4.04. The number of carbonyl (C=O) groups excluding carboxylic acids is 3. The summed E-state index contributed by atoms with van der Waals surface area (Å²) in [6.07, 6.45) is 1.69. The first-order valence-corrected chi connectivity index (χ1v) is 9.93. The van der Waals surface area contributed by atoms with Crippen molar-refractivity contribution < 1.29 is 19.1 Å². The highest BCUT2D eigenvalue weighted by atomic mass is 16.5. The lowest BCUT2D eigenvalue weighted by atomic mass is 9.92. The molecule has 7 nitrogen and oxygen atoms in total. The van der Waals surface area contributed by atoms with Crippen LogP contribution >= 0.6 is 0 Å². The first kappa shape index (κ1) is 20.3. The van der Waals surface area contributed by atoms with Crippen LogP contribution < -0.4 is 5.32 Å². The molecular formula is C21H29N3O4. The summed E-state index contributed by atoms with van der Waals surface area (Å²) in [5.41, 5.74) is 2.13. The molecule has 1 aromatic carbocycles. The Hall–Kier alpha value is -2.41. The SMILES string of the molecule is CCCO[C@@H]1C[C@H](C(=O)N2Cc3ccccc3C[C@H]2C(=O)NC)N(C(C)=O)C1. The maximum atomic E-state index is 13.5. The standard InChI is InChI=1S/C21H29N3O4/c1-4-9-28-17-11-19(23(13-17)14(2)25)21(27)24-12-16-8-6-5-7-15(16)10-18(24)20(26)22-3/h5-8,17-19H,4,9-13H2,1-3H3,(H,22,26)/t17-,18+,19-/m1/s1. The minimum atomic E-state index is -0.586. The molecule has 1 aromatic rings. The smallest absolute Gasteiger partial charge is 0.246 e. The number of hydrogen-bond acceptors (Lipinski definition) is 4. The summed E-state index contributed by atoms with van der Waals surface area (Å²) < 4.78 is 5.81. The number of benzene rings is 1. The third-order valence-corrected chi connectivity index (χ3v) is 5.59. The topological polar surface area (TPSA) is 79.0 Å². The van der Waals surface area contributed by atoms with Crippen LogP contribution in [0.15, 0.2) is 24.3 Å². The van der Waals surface area contributed by atoms with Gasteiger partial charge in [-0.05, 0) is 17.5 Å². The largest absolute Gasteiger partial charge is 0.376 e. The number of nitrogens with one attached hydrogen (secondary N) is 1. The molecule has 7 heteroatoms. The van der Waals surface area contributed by atoms with Crippen molar-refractivity contribution in [2.24, 2.45) is 0 Å². The number of ether oxygens (including phenoxy) is 1. The predicted octanol–water partition coefficient (Wildman–Crippen LogP) is 1.10. The summed E-state index contributed by atoms with van der Waals surface area (Å²) in [6.45, 7) is 4.90. The van der Waals surface area contributed by atoms with Gasteiger partial charge in [-0.2, -0.15) is 0 Å². The first-order valence-electron chi connectivity index (χ1n) is 9.93. The molecule has 1 N–H and O–H groups in total. The summed E-state index contributed by atoms with van der Waals surface area (Å²) in [6, 6.07) is 6.71. The molecule has 3 amide bonds. The summed E-state index contributed by atoms with van der Waals surface area (Å²) in [7, 11) is 1.58. The van der Waals surface area contributed by atoms with E-state index in [1.807, 2.05) is 31.2 Å². The van der Waals surface area contributed by atoms with Crippen LogP contribution in [0.2, 0.25) is 0 Å². The molecule has 0 saturated carbocycles. The third-order valence-electron chi connectivity index (χ3n) is 5.59. The van der Waals surface area contributed by atoms with Crippen molar-refractivity contribution in [1.29, 1.82) is 0 Å². The van der Waals surface area contributed by atoms with Crippen LogP contribution in [0, 0.1) is 0 Å². The molecule has 0 radical (unpaired) electrons. The van der Waals surface area contributed by atoms with Crippen molar-refractivity contribution in [3.63, 3.8) is 0 Å². The van der Waals surface area contributed by atoms with E-state index in [1.54, 1.807) is 16.8 Å². The average Bonchev–Trinajstić information content (AvgIpc) is 3.14. The zero-order chi connectivity index (χ0) is 20.3. The van der Waals surface area contributed by atoms with E-state index in [9.17, 15) is 14.4 Å². The van der Waals surface area contributed by atoms with Gasteiger partial charge in [-0.15, -0.1) is 0 Å². The Bertz CT molecular complexity index is 751. The van der Waals surface area contributed by atoms with Crippen LogP contribution in [0.3, 0.4) is 0 Å². The minimum Gasteiger partial charge on any atom is -0.376 e. The van der Waals surface area contributed by atoms with Crippen LogP contribution in [0.25, 0.3) is 0 Å². The number of likely N-dealkylation sites (N-methyl/N-ethyl adjacent to an activating group) is 1. The van der Waals surface area contributed by atoms with E-state index in [-0.39, 0.29) is 23.8 Å². The van der Waals surface area contributed by atoms with E-state index in [2.05, 4.69) is 5.32 Å². The molecule has 0 aromatic heterocycles. The molecule has 2 aliphatic rings. The van der Waals surface area contributed by atoms with E-state index in [0.29, 0.717) is 32.5 Å². The van der Waals surface area contributed by atoms with Crippen LogP contribution in [-0.2, 0) is 32.1 Å². The Morgan fingerprint density at radius 1 is 1.14 bits per heavy atom. The highest BCUT2D eigenvalue weighted by Crippen LogP contribution is 2.28. The van der Waals surface area contributed by atoms with Gasteiger partial charge in [0, 0.05) is 46.5 Å². The molecule has 0 unspecified atom stereocenters. The number of hydrogen-bond donors (Lipinski definition) is 1. The van der Waals surface area contributed by atoms with Gasteiger partial charge >= 0.3 is 0 Å². The normalized spacial score (nSPS) is 24.0. The fourth-order valence-electron chi connectivity index (χ4n) is 4.13. The van der Waals surface area contributed by atoms with Crippen LogP contribution in [0.4, 0.5) is 0 Å². The zero-order valence-electron chi connectivity index (χ0n) is 16.8. The van der Waals surface area contributed by atoms with E-state index in [1.165, 1.54) is 6.92 Å². The summed E-state index contributed by atoms with van der Waals surface area (Å²) in [4.78, 5) is 41.4. The van der Waals surface area contributed by atoms with Gasteiger partial charge < -0.3 is 19.9 Å². The van der Waals surface area contributed by atoms with E-state index in [4.69, 9.17) is 4.74 Å². The van der Waals surface area contributed by atoms with Gasteiger partial charge in [0.1, 0.15) is 12.1 Å². The lowest BCUT2D eigenvalue weighted by Crippen LogP contribution is -2.56. The molecule has 3 atom stereocenters. The summed E-state index contributed by atoms with van der Waals surface area (Å²) in [5.74, 6) is -0.509. The lowest BCUT2D eigenvalue weighted by molar-refractivity contribution is -0.148. The Morgan fingerprint density at radius 3 is 2.50 bits per heavy atom. The fraction of sp³-hybridized carbons (Fsp3) is 0.571. The van der Waals surface area contributed by atoms with Crippen molar-refractivity contribution in [1.82, 2.24) is 15.1 Å². The Balaban J connectivity index is 1.85. The van der Waals surface area contributed by atoms with E-state index < -0.39 is 12.1 Å². The molecule has 2 heterocycles. The number of rotatable bonds is 5. The fourth-order valence-corrected chi connectivity index (χ4v) is 4.13. The number of amides is 3. The van der Waals surface area contributed by atoms with Crippen molar-refractivity contribution in [3.8, 4) is 0 Å². The highest BCUT2D eigenvalue weighted by Gasteiger charge is 2.44. The molecule has 3 rings (SSSR count). The Kier molecular flexibility index (Phi) is 6.34. The maximum absolute atomic E-state index is 13.5. The molecular weight excluding hydrogens is 358 g/mol. The number of nitrogens with zero attached hydrogens (tertiary/aromatic N) is 2. The van der Waals surface area contributed by atoms with Crippen LogP contribution in [0.5, 0.6) is 0 Å². The van der Waals surface area contributed by atoms with Gasteiger partial charge in [0.15, 0.2) is 0 Å². The molecule has 1 saturated heterocycles. The molecule has 0 bridgehead atoms. The van der Waals surface area contributed by atoms with Crippen LogP contribution in [-0.4, -0.2) is 65.9 Å². The second-order valence-corrected chi connectivity index (χ2v) is 7.48. The average molecular weight is 387 g/mol. The van der Waals surface area contributed by atoms with Crippen molar-refractivity contribution in [2.45, 2.75) is 57.8 Å². The van der Waals surface area contributed by atoms with Gasteiger partial charge in [-0.25, -0.2) is 0 Å². The molecule has 0 aliphatic carbocycles. The van der Waals surface area contributed by atoms with E-state index >= 15 is 0 Å². The maximum Gasteiger partial charge on any atom is 0.246 e. The van der Waals surface area contributed by atoms with Crippen molar-refractivity contribution in [2.75, 3.05) is 20.2 Å². The minimum absolute atomic E-state index is 0.144. The summed E-state index contributed by atoms with van der Waals surface area (Å²) >= 11 is 0. The van der Waals surface area contributed by atoms with Crippen molar-refractivity contribution >= 4 is 17.7 Å².